The normalized spacial score (nSPS) is 21.7. The van der Waals surface area contributed by atoms with Crippen molar-refractivity contribution in [2.24, 2.45) is 11.3 Å². The average molecular weight is 212 g/mol. The summed E-state index contributed by atoms with van der Waals surface area (Å²) in [5.74, 6) is 0.919. The fourth-order valence-electron chi connectivity index (χ4n) is 1.75. The zero-order chi connectivity index (χ0) is 11.3. The minimum Gasteiger partial charge on any atom is -0.356 e. The maximum atomic E-state index is 11.5. The summed E-state index contributed by atoms with van der Waals surface area (Å²) < 4.78 is 0. The molecule has 1 saturated heterocycles. The summed E-state index contributed by atoms with van der Waals surface area (Å²) in [5, 5.41) is 6.31. The summed E-state index contributed by atoms with van der Waals surface area (Å²) >= 11 is 0. The lowest BCUT2D eigenvalue weighted by molar-refractivity contribution is -0.121. The van der Waals surface area contributed by atoms with E-state index in [4.69, 9.17) is 0 Å². The molecule has 1 heterocycles. The Hall–Kier alpha value is -0.570. The molecule has 2 N–H and O–H groups in total. The first kappa shape index (κ1) is 12.5. The van der Waals surface area contributed by atoms with Crippen molar-refractivity contribution in [2.45, 2.75) is 40.0 Å². The Labute approximate surface area is 93.0 Å². The molecule has 0 saturated carbocycles. The van der Waals surface area contributed by atoms with Crippen LogP contribution in [-0.4, -0.2) is 25.5 Å². The van der Waals surface area contributed by atoms with Crippen molar-refractivity contribution < 1.29 is 4.79 Å². The zero-order valence-corrected chi connectivity index (χ0v) is 10.2. The second-order valence-electron chi connectivity index (χ2n) is 5.73. The van der Waals surface area contributed by atoms with Crippen molar-refractivity contribution >= 4 is 5.91 Å². The van der Waals surface area contributed by atoms with Gasteiger partial charge in [0.1, 0.15) is 0 Å². The van der Waals surface area contributed by atoms with Gasteiger partial charge in [-0.2, -0.15) is 0 Å². The molecule has 1 aliphatic rings. The van der Waals surface area contributed by atoms with E-state index in [0.717, 1.165) is 26.1 Å². The lowest BCUT2D eigenvalue weighted by atomic mass is 9.96. The summed E-state index contributed by atoms with van der Waals surface area (Å²) in [6, 6.07) is 0. The summed E-state index contributed by atoms with van der Waals surface area (Å²) in [6.07, 6.45) is 2.94. The first-order valence-electron chi connectivity index (χ1n) is 5.95. The third-order valence-electron chi connectivity index (χ3n) is 2.76. The van der Waals surface area contributed by atoms with E-state index in [1.54, 1.807) is 0 Å². The Morgan fingerprint density at radius 1 is 1.47 bits per heavy atom. The maximum absolute atomic E-state index is 11.5. The third kappa shape index (κ3) is 5.78. The van der Waals surface area contributed by atoms with Crippen LogP contribution in [0.15, 0.2) is 0 Å². The van der Waals surface area contributed by atoms with Crippen LogP contribution < -0.4 is 10.6 Å². The number of rotatable bonds is 4. The van der Waals surface area contributed by atoms with Gasteiger partial charge in [-0.3, -0.25) is 4.79 Å². The van der Waals surface area contributed by atoms with E-state index in [1.165, 1.54) is 6.42 Å². The van der Waals surface area contributed by atoms with E-state index in [0.29, 0.717) is 12.3 Å². The molecule has 0 spiro atoms. The molecule has 88 valence electrons. The molecule has 0 radical (unpaired) electrons. The van der Waals surface area contributed by atoms with Crippen molar-refractivity contribution in [3.63, 3.8) is 0 Å². The van der Waals surface area contributed by atoms with E-state index in [1.807, 2.05) is 0 Å². The van der Waals surface area contributed by atoms with Crippen LogP contribution in [0.4, 0.5) is 0 Å². The highest BCUT2D eigenvalue weighted by Gasteiger charge is 2.16. The Bertz CT molecular complexity index is 202. The molecule has 1 amide bonds. The zero-order valence-electron chi connectivity index (χ0n) is 10.2. The van der Waals surface area contributed by atoms with Crippen LogP contribution in [0.5, 0.6) is 0 Å². The highest BCUT2D eigenvalue weighted by Crippen LogP contribution is 2.14. The largest absolute Gasteiger partial charge is 0.356 e. The lowest BCUT2D eigenvalue weighted by Crippen LogP contribution is -2.32. The standard InChI is InChI=1S/C12H24N2O/c1-12(2,3)9-14-11(15)5-4-10-6-7-13-8-10/h10,13H,4-9H2,1-3H3,(H,14,15). The van der Waals surface area contributed by atoms with Gasteiger partial charge in [0.05, 0.1) is 0 Å². The highest BCUT2D eigenvalue weighted by atomic mass is 16.1. The Morgan fingerprint density at radius 3 is 2.73 bits per heavy atom. The predicted octanol–water partition coefficient (Wildman–Crippen LogP) is 1.54. The van der Waals surface area contributed by atoms with Crippen LogP contribution in [-0.2, 0) is 4.79 Å². The molecule has 15 heavy (non-hydrogen) atoms. The van der Waals surface area contributed by atoms with Crippen molar-refractivity contribution in [3.8, 4) is 0 Å². The molecule has 1 atom stereocenters. The minimum absolute atomic E-state index is 0.185. The van der Waals surface area contributed by atoms with Crippen LogP contribution >= 0.6 is 0 Å². The van der Waals surface area contributed by atoms with Gasteiger partial charge in [-0.1, -0.05) is 20.8 Å². The van der Waals surface area contributed by atoms with Crippen LogP contribution in [0.2, 0.25) is 0 Å². The molecule has 0 aliphatic carbocycles. The molecule has 3 heteroatoms. The van der Waals surface area contributed by atoms with E-state index in [9.17, 15) is 4.79 Å². The van der Waals surface area contributed by atoms with Crippen LogP contribution in [0.3, 0.4) is 0 Å². The monoisotopic (exact) mass is 212 g/mol. The van der Waals surface area contributed by atoms with Gasteiger partial charge < -0.3 is 10.6 Å². The van der Waals surface area contributed by atoms with Gasteiger partial charge in [0.15, 0.2) is 0 Å². The SMILES string of the molecule is CC(C)(C)CNC(=O)CCC1CCNC1. The average Bonchev–Trinajstić information content (AvgIpc) is 2.62. The number of hydrogen-bond donors (Lipinski definition) is 2. The van der Waals surface area contributed by atoms with E-state index in [-0.39, 0.29) is 11.3 Å². The summed E-state index contributed by atoms with van der Waals surface area (Å²) in [5.41, 5.74) is 0.185. The Balaban J connectivity index is 2.08. The first-order valence-corrected chi connectivity index (χ1v) is 5.95. The smallest absolute Gasteiger partial charge is 0.220 e. The molecule has 1 fully saturated rings. The topological polar surface area (TPSA) is 41.1 Å². The van der Waals surface area contributed by atoms with E-state index >= 15 is 0 Å². The second-order valence-corrected chi connectivity index (χ2v) is 5.73. The first-order chi connectivity index (χ1) is 6.97. The van der Waals surface area contributed by atoms with Gasteiger partial charge in [-0.05, 0) is 37.3 Å². The lowest BCUT2D eigenvalue weighted by Gasteiger charge is -2.19. The fraction of sp³-hybridized carbons (Fsp3) is 0.917. The van der Waals surface area contributed by atoms with E-state index in [2.05, 4.69) is 31.4 Å². The number of amides is 1. The van der Waals surface area contributed by atoms with Crippen LogP contribution in [0.25, 0.3) is 0 Å². The quantitative estimate of drug-likeness (QED) is 0.742. The van der Waals surface area contributed by atoms with Crippen molar-refractivity contribution in [3.05, 3.63) is 0 Å². The van der Waals surface area contributed by atoms with E-state index < -0.39 is 0 Å². The molecular formula is C12H24N2O. The van der Waals surface area contributed by atoms with Gasteiger partial charge in [0, 0.05) is 13.0 Å². The van der Waals surface area contributed by atoms with Crippen molar-refractivity contribution in [1.82, 2.24) is 10.6 Å². The Morgan fingerprint density at radius 2 is 2.20 bits per heavy atom. The number of hydrogen-bond acceptors (Lipinski definition) is 2. The maximum Gasteiger partial charge on any atom is 0.220 e. The van der Waals surface area contributed by atoms with Crippen molar-refractivity contribution in [1.29, 1.82) is 0 Å². The third-order valence-corrected chi connectivity index (χ3v) is 2.76. The molecule has 0 bridgehead atoms. The number of carbonyl (C=O) groups is 1. The van der Waals surface area contributed by atoms with Crippen LogP contribution in [0.1, 0.15) is 40.0 Å². The highest BCUT2D eigenvalue weighted by molar-refractivity contribution is 5.75. The van der Waals surface area contributed by atoms with Gasteiger partial charge >= 0.3 is 0 Å². The van der Waals surface area contributed by atoms with Gasteiger partial charge in [-0.25, -0.2) is 0 Å². The summed E-state index contributed by atoms with van der Waals surface area (Å²) in [4.78, 5) is 11.5. The second kappa shape index (κ2) is 5.50. The van der Waals surface area contributed by atoms with Gasteiger partial charge in [0.25, 0.3) is 0 Å². The van der Waals surface area contributed by atoms with Gasteiger partial charge in [-0.15, -0.1) is 0 Å². The molecule has 0 aromatic carbocycles. The molecule has 0 aromatic heterocycles. The molecule has 1 aliphatic heterocycles. The predicted molar refractivity (Wildman–Crippen MR) is 62.7 cm³/mol. The summed E-state index contributed by atoms with van der Waals surface area (Å²) in [6.45, 7) is 9.38. The molecule has 1 unspecified atom stereocenters. The minimum atomic E-state index is 0.185. The number of nitrogens with one attached hydrogen (secondary N) is 2. The molecular weight excluding hydrogens is 188 g/mol. The molecule has 1 rings (SSSR count). The fourth-order valence-corrected chi connectivity index (χ4v) is 1.75. The number of carbonyl (C=O) groups excluding carboxylic acids is 1. The van der Waals surface area contributed by atoms with Crippen molar-refractivity contribution in [2.75, 3.05) is 19.6 Å². The molecule has 3 nitrogen and oxygen atoms in total. The summed E-state index contributed by atoms with van der Waals surface area (Å²) in [7, 11) is 0. The molecule has 0 aromatic rings. The Kier molecular flexibility index (Phi) is 4.58. The van der Waals surface area contributed by atoms with Gasteiger partial charge in [0.2, 0.25) is 5.91 Å². The van der Waals surface area contributed by atoms with Crippen LogP contribution in [0, 0.1) is 11.3 Å².